The maximum absolute atomic E-state index is 11.7. The van der Waals surface area contributed by atoms with Gasteiger partial charge in [0.2, 0.25) is 0 Å². The Kier molecular flexibility index (Phi) is 4.95. The number of amides is 1. The first kappa shape index (κ1) is 14.3. The molecular weight excluding hydrogens is 252 g/mol. The molecule has 4 N–H and O–H groups in total. The Hall–Kier alpha value is -1.78. The quantitative estimate of drug-likeness (QED) is 0.791. The van der Waals surface area contributed by atoms with E-state index < -0.39 is 0 Å². The number of carbonyl (C=O) groups is 1. The summed E-state index contributed by atoms with van der Waals surface area (Å²) in [5.74, 6) is -0.295. The summed E-state index contributed by atoms with van der Waals surface area (Å²) in [7, 11) is 0. The van der Waals surface area contributed by atoms with Crippen molar-refractivity contribution in [1.29, 1.82) is 0 Å². The Morgan fingerprint density at radius 2 is 1.94 bits per heavy atom. The van der Waals surface area contributed by atoms with E-state index in [1.165, 1.54) is 0 Å². The van der Waals surface area contributed by atoms with E-state index >= 15 is 0 Å². The molecule has 0 aromatic heterocycles. The summed E-state index contributed by atoms with van der Waals surface area (Å²) < 4.78 is 0. The fourth-order valence-corrected chi connectivity index (χ4v) is 1.72. The highest BCUT2D eigenvalue weighted by Crippen LogP contribution is 2.28. The van der Waals surface area contributed by atoms with Crippen LogP contribution in [-0.2, 0) is 0 Å². The second-order valence-electron chi connectivity index (χ2n) is 3.73. The molecule has 0 bridgehead atoms. The van der Waals surface area contributed by atoms with Crippen LogP contribution in [0.15, 0.2) is 36.4 Å². The van der Waals surface area contributed by atoms with E-state index in [-0.39, 0.29) is 29.6 Å². The molecule has 0 aliphatic carbocycles. The topological polar surface area (TPSA) is 75.3 Å². The van der Waals surface area contributed by atoms with Crippen LogP contribution in [0.1, 0.15) is 10.4 Å². The summed E-state index contributed by atoms with van der Waals surface area (Å²) in [6.45, 7) is 0.769. The van der Waals surface area contributed by atoms with Crippen LogP contribution in [-0.4, -0.2) is 24.1 Å². The van der Waals surface area contributed by atoms with Crippen LogP contribution < -0.4 is 11.1 Å². The number of carbonyl (C=O) groups excluding carboxylic acids is 1. The number of fused-ring (bicyclic) bond motifs is 1. The van der Waals surface area contributed by atoms with Crippen molar-refractivity contribution in [3.05, 3.63) is 42.0 Å². The summed E-state index contributed by atoms with van der Waals surface area (Å²) in [5.41, 5.74) is 5.58. The molecule has 0 saturated carbocycles. The first-order chi connectivity index (χ1) is 8.24. The van der Waals surface area contributed by atoms with E-state index in [2.05, 4.69) is 5.32 Å². The van der Waals surface area contributed by atoms with Gasteiger partial charge in [0.25, 0.3) is 5.91 Å². The van der Waals surface area contributed by atoms with Gasteiger partial charge in [0.15, 0.2) is 0 Å². The van der Waals surface area contributed by atoms with E-state index in [1.54, 1.807) is 12.1 Å². The van der Waals surface area contributed by atoms with Crippen molar-refractivity contribution in [3.8, 4) is 5.75 Å². The standard InChI is InChI=1S/C13H14N2O2.ClH/c14-7-8-15-13(17)11-6-5-9-3-1-2-4-10(9)12(11)16;/h1-6,16H,7-8,14H2,(H,15,17);1H. The lowest BCUT2D eigenvalue weighted by Gasteiger charge is -2.08. The second-order valence-corrected chi connectivity index (χ2v) is 3.73. The van der Waals surface area contributed by atoms with Crippen LogP contribution >= 0.6 is 12.4 Å². The summed E-state index contributed by atoms with van der Waals surface area (Å²) in [6.07, 6.45) is 0. The molecule has 0 fully saturated rings. The molecule has 18 heavy (non-hydrogen) atoms. The highest BCUT2D eigenvalue weighted by Gasteiger charge is 2.12. The number of aromatic hydroxyl groups is 1. The lowest BCUT2D eigenvalue weighted by molar-refractivity contribution is 0.0952. The zero-order valence-electron chi connectivity index (χ0n) is 9.72. The SMILES string of the molecule is Cl.NCCNC(=O)c1ccc2ccccc2c1O. The molecule has 2 aromatic carbocycles. The molecule has 0 saturated heterocycles. The van der Waals surface area contributed by atoms with Gasteiger partial charge in [-0.1, -0.05) is 30.3 Å². The molecule has 1 amide bonds. The molecule has 0 aliphatic heterocycles. The van der Waals surface area contributed by atoms with E-state index in [0.29, 0.717) is 18.5 Å². The lowest BCUT2D eigenvalue weighted by Crippen LogP contribution is -2.29. The predicted molar refractivity (Wildman–Crippen MR) is 74.2 cm³/mol. The summed E-state index contributed by atoms with van der Waals surface area (Å²) in [5, 5.41) is 14.2. The third-order valence-corrected chi connectivity index (χ3v) is 2.58. The molecule has 2 aromatic rings. The van der Waals surface area contributed by atoms with E-state index in [1.807, 2.05) is 24.3 Å². The van der Waals surface area contributed by atoms with Gasteiger partial charge in [-0.15, -0.1) is 12.4 Å². The fraction of sp³-hybridized carbons (Fsp3) is 0.154. The molecule has 96 valence electrons. The minimum Gasteiger partial charge on any atom is -0.506 e. The number of hydrogen-bond acceptors (Lipinski definition) is 3. The van der Waals surface area contributed by atoms with Crippen LogP contribution in [0.25, 0.3) is 10.8 Å². The molecule has 2 rings (SSSR count). The number of halogens is 1. The summed E-state index contributed by atoms with van der Waals surface area (Å²) in [4.78, 5) is 11.7. The van der Waals surface area contributed by atoms with Crippen molar-refractivity contribution in [1.82, 2.24) is 5.32 Å². The maximum Gasteiger partial charge on any atom is 0.255 e. The van der Waals surface area contributed by atoms with Gasteiger partial charge in [-0.05, 0) is 11.5 Å². The number of phenolic OH excluding ortho intramolecular Hbond substituents is 1. The lowest BCUT2D eigenvalue weighted by atomic mass is 10.0. The van der Waals surface area contributed by atoms with Crippen molar-refractivity contribution in [2.75, 3.05) is 13.1 Å². The fourth-order valence-electron chi connectivity index (χ4n) is 1.72. The number of rotatable bonds is 3. The van der Waals surface area contributed by atoms with Gasteiger partial charge in [-0.3, -0.25) is 4.79 Å². The first-order valence-corrected chi connectivity index (χ1v) is 5.43. The summed E-state index contributed by atoms with van der Waals surface area (Å²) >= 11 is 0. The molecule has 5 heteroatoms. The van der Waals surface area contributed by atoms with Gasteiger partial charge < -0.3 is 16.2 Å². The van der Waals surface area contributed by atoms with Crippen LogP contribution in [0.5, 0.6) is 5.75 Å². The number of phenols is 1. The molecule has 0 heterocycles. The minimum atomic E-state index is -0.307. The Labute approximate surface area is 111 Å². The van der Waals surface area contributed by atoms with E-state index in [0.717, 1.165) is 5.39 Å². The predicted octanol–water partition coefficient (Wildman–Crippen LogP) is 1.66. The highest BCUT2D eigenvalue weighted by atomic mass is 35.5. The van der Waals surface area contributed by atoms with E-state index in [4.69, 9.17) is 5.73 Å². The Morgan fingerprint density at radius 1 is 1.22 bits per heavy atom. The normalized spacial score (nSPS) is 9.83. The van der Waals surface area contributed by atoms with Gasteiger partial charge in [0.05, 0.1) is 5.56 Å². The largest absolute Gasteiger partial charge is 0.506 e. The zero-order chi connectivity index (χ0) is 12.3. The van der Waals surface area contributed by atoms with Gasteiger partial charge in [-0.25, -0.2) is 0 Å². The van der Waals surface area contributed by atoms with Gasteiger partial charge in [0, 0.05) is 18.5 Å². The van der Waals surface area contributed by atoms with Crippen LogP contribution in [0, 0.1) is 0 Å². The molecular formula is C13H15ClN2O2. The molecule has 0 aliphatic rings. The zero-order valence-corrected chi connectivity index (χ0v) is 10.5. The second kappa shape index (κ2) is 6.23. The molecule has 0 spiro atoms. The van der Waals surface area contributed by atoms with Crippen LogP contribution in [0.4, 0.5) is 0 Å². The number of hydrogen-bond donors (Lipinski definition) is 3. The smallest absolute Gasteiger partial charge is 0.255 e. The van der Waals surface area contributed by atoms with E-state index in [9.17, 15) is 9.90 Å². The number of nitrogens with one attached hydrogen (secondary N) is 1. The van der Waals surface area contributed by atoms with Gasteiger partial charge in [-0.2, -0.15) is 0 Å². The third-order valence-electron chi connectivity index (χ3n) is 2.58. The average Bonchev–Trinajstić information content (AvgIpc) is 2.37. The molecule has 0 radical (unpaired) electrons. The van der Waals surface area contributed by atoms with Crippen LogP contribution in [0.2, 0.25) is 0 Å². The molecule has 0 unspecified atom stereocenters. The average molecular weight is 267 g/mol. The number of nitrogens with two attached hydrogens (primary N) is 1. The minimum absolute atomic E-state index is 0. The third kappa shape index (κ3) is 2.72. The molecule has 0 atom stereocenters. The first-order valence-electron chi connectivity index (χ1n) is 5.43. The van der Waals surface area contributed by atoms with Gasteiger partial charge in [0.1, 0.15) is 5.75 Å². The highest BCUT2D eigenvalue weighted by molar-refractivity contribution is 6.03. The van der Waals surface area contributed by atoms with Crippen molar-refractivity contribution in [2.45, 2.75) is 0 Å². The Bertz CT molecular complexity index is 558. The van der Waals surface area contributed by atoms with Crippen molar-refractivity contribution >= 4 is 29.1 Å². The van der Waals surface area contributed by atoms with Crippen molar-refractivity contribution < 1.29 is 9.90 Å². The summed E-state index contributed by atoms with van der Waals surface area (Å²) in [6, 6.07) is 10.8. The van der Waals surface area contributed by atoms with Crippen LogP contribution in [0.3, 0.4) is 0 Å². The molecule has 4 nitrogen and oxygen atoms in total. The van der Waals surface area contributed by atoms with Gasteiger partial charge >= 0.3 is 0 Å². The van der Waals surface area contributed by atoms with Crippen molar-refractivity contribution in [3.63, 3.8) is 0 Å². The monoisotopic (exact) mass is 266 g/mol. The number of benzene rings is 2. The Balaban J connectivity index is 0.00000162. The van der Waals surface area contributed by atoms with Crippen molar-refractivity contribution in [2.24, 2.45) is 5.73 Å². The Morgan fingerprint density at radius 3 is 2.67 bits per heavy atom. The maximum atomic E-state index is 11.7.